The van der Waals surface area contributed by atoms with Crippen molar-refractivity contribution in [2.24, 2.45) is 5.84 Å². The van der Waals surface area contributed by atoms with Crippen LogP contribution in [0.4, 0.5) is 10.1 Å². The van der Waals surface area contributed by atoms with Crippen LogP contribution in [0.5, 0.6) is 0 Å². The maximum atomic E-state index is 13.9. The molecule has 5 N–H and O–H groups in total. The van der Waals surface area contributed by atoms with E-state index in [0.717, 1.165) is 16.5 Å². The zero-order valence-electron chi connectivity index (χ0n) is 11.3. The fourth-order valence-corrected chi connectivity index (χ4v) is 2.54. The van der Waals surface area contributed by atoms with Gasteiger partial charge in [-0.15, -0.1) is 0 Å². The maximum absolute atomic E-state index is 13.9. The van der Waals surface area contributed by atoms with Crippen LogP contribution in [-0.4, -0.2) is 4.98 Å². The summed E-state index contributed by atoms with van der Waals surface area (Å²) in [7, 11) is 0. The molecule has 0 saturated carbocycles. The summed E-state index contributed by atoms with van der Waals surface area (Å²) in [5, 5.41) is 1.35. The molecule has 4 nitrogen and oxygen atoms in total. The third-order valence-electron chi connectivity index (χ3n) is 3.58. The van der Waals surface area contributed by atoms with Gasteiger partial charge in [-0.3, -0.25) is 10.8 Å². The predicted octanol–water partition coefficient (Wildman–Crippen LogP) is 2.51. The third-order valence-corrected chi connectivity index (χ3v) is 3.58. The number of hydrogen-bond donors (Lipinski definition) is 3. The van der Waals surface area contributed by atoms with E-state index in [1.54, 1.807) is 36.7 Å². The number of hydrogen-bond acceptors (Lipinski definition) is 4. The summed E-state index contributed by atoms with van der Waals surface area (Å²) in [4.78, 5) is 4.09. The summed E-state index contributed by atoms with van der Waals surface area (Å²) < 4.78 is 13.9. The SMILES string of the molecule is NNC(c1cnccc1N)c1ccc(F)c2ccccc12. The first kappa shape index (κ1) is 13.5. The van der Waals surface area contributed by atoms with Gasteiger partial charge in [0.15, 0.2) is 0 Å². The monoisotopic (exact) mass is 282 g/mol. The van der Waals surface area contributed by atoms with Gasteiger partial charge in [-0.25, -0.2) is 9.82 Å². The van der Waals surface area contributed by atoms with Crippen LogP contribution >= 0.6 is 0 Å². The molecule has 2 aromatic carbocycles. The summed E-state index contributed by atoms with van der Waals surface area (Å²) in [6, 6.07) is 11.8. The van der Waals surface area contributed by atoms with Gasteiger partial charge in [0.1, 0.15) is 5.82 Å². The molecule has 1 aromatic heterocycles. The van der Waals surface area contributed by atoms with Gasteiger partial charge in [-0.2, -0.15) is 0 Å². The molecule has 0 spiro atoms. The number of nitrogen functional groups attached to an aromatic ring is 1. The molecule has 0 radical (unpaired) electrons. The number of nitrogens with zero attached hydrogens (tertiary/aromatic N) is 1. The second-order valence-electron chi connectivity index (χ2n) is 4.79. The number of nitrogens with two attached hydrogens (primary N) is 2. The van der Waals surface area contributed by atoms with Gasteiger partial charge < -0.3 is 5.73 Å². The molecule has 1 heterocycles. The molecular formula is C16H15FN4. The largest absolute Gasteiger partial charge is 0.398 e. The average molecular weight is 282 g/mol. The van der Waals surface area contributed by atoms with Gasteiger partial charge in [-0.05, 0) is 23.1 Å². The van der Waals surface area contributed by atoms with E-state index in [2.05, 4.69) is 10.4 Å². The zero-order valence-corrected chi connectivity index (χ0v) is 11.3. The highest BCUT2D eigenvalue weighted by Crippen LogP contribution is 2.31. The molecule has 3 aromatic rings. The van der Waals surface area contributed by atoms with E-state index < -0.39 is 0 Å². The summed E-state index contributed by atoms with van der Waals surface area (Å²) >= 11 is 0. The van der Waals surface area contributed by atoms with Crippen molar-refractivity contribution in [2.75, 3.05) is 5.73 Å². The van der Waals surface area contributed by atoms with E-state index in [0.29, 0.717) is 11.1 Å². The van der Waals surface area contributed by atoms with Crippen LogP contribution in [-0.2, 0) is 0 Å². The fourth-order valence-electron chi connectivity index (χ4n) is 2.54. The van der Waals surface area contributed by atoms with Gasteiger partial charge in [0, 0.05) is 29.0 Å². The summed E-state index contributed by atoms with van der Waals surface area (Å²) in [5.41, 5.74) is 10.9. The highest BCUT2D eigenvalue weighted by molar-refractivity contribution is 5.87. The molecule has 1 atom stereocenters. The summed E-state index contributed by atoms with van der Waals surface area (Å²) in [6.45, 7) is 0. The minimum atomic E-state index is -0.357. The van der Waals surface area contributed by atoms with Gasteiger partial charge in [0.2, 0.25) is 0 Å². The molecule has 0 saturated heterocycles. The topological polar surface area (TPSA) is 77.0 Å². The molecular weight excluding hydrogens is 267 g/mol. The van der Waals surface area contributed by atoms with Crippen LogP contribution in [0.2, 0.25) is 0 Å². The van der Waals surface area contributed by atoms with Gasteiger partial charge >= 0.3 is 0 Å². The highest BCUT2D eigenvalue weighted by atomic mass is 19.1. The number of benzene rings is 2. The Kier molecular flexibility index (Phi) is 3.51. The Morgan fingerprint density at radius 3 is 2.48 bits per heavy atom. The van der Waals surface area contributed by atoms with E-state index >= 15 is 0 Å². The van der Waals surface area contributed by atoms with E-state index in [-0.39, 0.29) is 11.9 Å². The Hall–Kier alpha value is -2.50. The van der Waals surface area contributed by atoms with Crippen LogP contribution < -0.4 is 17.0 Å². The highest BCUT2D eigenvalue weighted by Gasteiger charge is 2.18. The third kappa shape index (κ3) is 2.33. The molecule has 0 amide bonds. The smallest absolute Gasteiger partial charge is 0.131 e. The molecule has 21 heavy (non-hydrogen) atoms. The van der Waals surface area contributed by atoms with E-state index in [9.17, 15) is 4.39 Å². The second-order valence-corrected chi connectivity index (χ2v) is 4.79. The van der Waals surface area contributed by atoms with Crippen LogP contribution in [0.3, 0.4) is 0 Å². The van der Waals surface area contributed by atoms with Crippen molar-refractivity contribution in [3.8, 4) is 0 Å². The number of pyridine rings is 1. The molecule has 0 bridgehead atoms. The van der Waals surface area contributed by atoms with Crippen molar-refractivity contribution >= 4 is 16.5 Å². The van der Waals surface area contributed by atoms with Crippen LogP contribution in [0.15, 0.2) is 54.9 Å². The Labute approximate surface area is 121 Å². The van der Waals surface area contributed by atoms with Crippen LogP contribution in [0.1, 0.15) is 17.2 Å². The van der Waals surface area contributed by atoms with Gasteiger partial charge in [0.25, 0.3) is 0 Å². The summed E-state index contributed by atoms with van der Waals surface area (Å²) in [5.74, 6) is 5.45. The number of nitrogens with one attached hydrogen (secondary N) is 1. The zero-order chi connectivity index (χ0) is 14.8. The minimum Gasteiger partial charge on any atom is -0.398 e. The standard InChI is InChI=1S/C16H15FN4/c17-14-6-5-12(10-3-1-2-4-11(10)14)16(21-19)13-9-20-8-7-15(13)18/h1-9,16,21H,19H2,(H2,18,20). The second kappa shape index (κ2) is 5.47. The van der Waals surface area contributed by atoms with Gasteiger partial charge in [0.05, 0.1) is 6.04 Å². The Bertz CT molecular complexity index is 788. The normalized spacial score (nSPS) is 12.5. The molecule has 1 unspecified atom stereocenters. The van der Waals surface area contributed by atoms with E-state index in [4.69, 9.17) is 11.6 Å². The molecule has 0 aliphatic rings. The molecule has 3 rings (SSSR count). The average Bonchev–Trinajstić information content (AvgIpc) is 2.52. The van der Waals surface area contributed by atoms with E-state index in [1.807, 2.05) is 12.1 Å². The number of fused-ring (bicyclic) bond motifs is 1. The first-order valence-corrected chi connectivity index (χ1v) is 6.55. The fraction of sp³-hybridized carbons (Fsp3) is 0.0625. The van der Waals surface area contributed by atoms with Crippen molar-refractivity contribution < 1.29 is 4.39 Å². The number of aromatic nitrogens is 1. The number of halogens is 1. The van der Waals surface area contributed by atoms with Gasteiger partial charge in [-0.1, -0.05) is 30.3 Å². The van der Waals surface area contributed by atoms with Crippen molar-refractivity contribution in [3.05, 3.63) is 71.8 Å². The lowest BCUT2D eigenvalue weighted by Crippen LogP contribution is -2.29. The van der Waals surface area contributed by atoms with Crippen molar-refractivity contribution in [3.63, 3.8) is 0 Å². The Balaban J connectivity index is 2.23. The van der Waals surface area contributed by atoms with Crippen molar-refractivity contribution in [2.45, 2.75) is 6.04 Å². The number of hydrazine groups is 1. The lowest BCUT2D eigenvalue weighted by atomic mass is 9.94. The Morgan fingerprint density at radius 1 is 1.00 bits per heavy atom. The first-order chi connectivity index (χ1) is 10.2. The molecule has 106 valence electrons. The molecule has 0 aliphatic heterocycles. The van der Waals surface area contributed by atoms with Crippen molar-refractivity contribution in [1.29, 1.82) is 0 Å². The number of anilines is 1. The molecule has 0 fully saturated rings. The Morgan fingerprint density at radius 2 is 1.76 bits per heavy atom. The predicted molar refractivity (Wildman–Crippen MR) is 81.7 cm³/mol. The quantitative estimate of drug-likeness (QED) is 0.509. The molecule has 0 aliphatic carbocycles. The number of rotatable bonds is 3. The van der Waals surface area contributed by atoms with Crippen LogP contribution in [0.25, 0.3) is 10.8 Å². The van der Waals surface area contributed by atoms with E-state index in [1.165, 1.54) is 6.07 Å². The van der Waals surface area contributed by atoms with Crippen molar-refractivity contribution in [1.82, 2.24) is 10.4 Å². The first-order valence-electron chi connectivity index (χ1n) is 6.55. The lowest BCUT2D eigenvalue weighted by Gasteiger charge is -2.20. The summed E-state index contributed by atoms with van der Waals surface area (Å²) in [6.07, 6.45) is 3.28. The van der Waals surface area contributed by atoms with Crippen LogP contribution in [0, 0.1) is 5.82 Å². The maximum Gasteiger partial charge on any atom is 0.131 e. The molecule has 5 heteroatoms. The lowest BCUT2D eigenvalue weighted by molar-refractivity contribution is 0.627. The minimum absolute atomic E-state index is 0.260.